The largest absolute Gasteiger partial charge is 0.484 e. The molecule has 0 spiro atoms. The molecule has 1 aromatic carbocycles. The predicted octanol–water partition coefficient (Wildman–Crippen LogP) is 3.25. The Balaban J connectivity index is 1.97. The van der Waals surface area contributed by atoms with E-state index in [9.17, 15) is 4.79 Å². The molecule has 7 heteroatoms. The molecule has 2 N–H and O–H groups in total. The fourth-order valence-corrected chi connectivity index (χ4v) is 3.43. The van der Waals surface area contributed by atoms with Gasteiger partial charge in [0.15, 0.2) is 12.6 Å². The van der Waals surface area contributed by atoms with Crippen molar-refractivity contribution in [1.29, 1.82) is 0 Å². The average Bonchev–Trinajstić information content (AvgIpc) is 3.24. The lowest BCUT2D eigenvalue weighted by atomic mass is 9.91. The second-order valence-corrected chi connectivity index (χ2v) is 8.58. The van der Waals surface area contributed by atoms with Crippen molar-refractivity contribution < 1.29 is 9.53 Å². The summed E-state index contributed by atoms with van der Waals surface area (Å²) in [6.45, 7) is 8.64. The molecule has 0 bridgehead atoms. The zero-order valence-electron chi connectivity index (χ0n) is 18.0. The summed E-state index contributed by atoms with van der Waals surface area (Å²) in [4.78, 5) is 19.2. The van der Waals surface area contributed by atoms with Crippen molar-refractivity contribution >= 4 is 23.2 Å². The maximum Gasteiger partial charge on any atom is 0.259 e. The van der Waals surface area contributed by atoms with Crippen LogP contribution in [0.3, 0.4) is 0 Å². The highest BCUT2D eigenvalue weighted by atomic mass is 32.1. The van der Waals surface area contributed by atoms with E-state index in [0.29, 0.717) is 12.3 Å². The molecule has 6 nitrogen and oxygen atoms in total. The van der Waals surface area contributed by atoms with Crippen molar-refractivity contribution in [2.24, 2.45) is 4.99 Å². The third-order valence-corrected chi connectivity index (χ3v) is 5.65. The van der Waals surface area contributed by atoms with Crippen molar-refractivity contribution in [2.45, 2.75) is 32.7 Å². The van der Waals surface area contributed by atoms with Gasteiger partial charge in [-0.05, 0) is 36.1 Å². The van der Waals surface area contributed by atoms with E-state index < -0.39 is 0 Å². The molecule has 1 amide bonds. The lowest BCUT2D eigenvalue weighted by Crippen LogP contribution is -2.43. The monoisotopic (exact) mass is 416 g/mol. The highest BCUT2D eigenvalue weighted by Gasteiger charge is 2.21. The minimum Gasteiger partial charge on any atom is -0.484 e. The number of benzene rings is 1. The fourth-order valence-electron chi connectivity index (χ4n) is 2.58. The summed E-state index contributed by atoms with van der Waals surface area (Å²) in [5, 5.41) is 8.86. The molecule has 1 heterocycles. The normalized spacial score (nSPS) is 11.8. The van der Waals surface area contributed by atoms with E-state index in [2.05, 4.69) is 48.9 Å². The number of amides is 1. The quantitative estimate of drug-likeness (QED) is 0.486. The number of guanidine groups is 1. The van der Waals surface area contributed by atoms with Crippen LogP contribution in [0.1, 0.15) is 31.2 Å². The van der Waals surface area contributed by atoms with Crippen LogP contribution in [-0.2, 0) is 16.8 Å². The van der Waals surface area contributed by atoms with Gasteiger partial charge in [-0.2, -0.15) is 0 Å². The minimum absolute atomic E-state index is 0.0249. The number of rotatable bonds is 9. The summed E-state index contributed by atoms with van der Waals surface area (Å²) in [5.41, 5.74) is 1.05. The van der Waals surface area contributed by atoms with Gasteiger partial charge in [0.2, 0.25) is 0 Å². The first kappa shape index (κ1) is 22.7. The van der Waals surface area contributed by atoms with Crippen molar-refractivity contribution in [3.05, 3.63) is 52.2 Å². The Kier molecular flexibility index (Phi) is 8.51. The molecule has 0 saturated heterocycles. The van der Waals surface area contributed by atoms with Crippen molar-refractivity contribution in [3.8, 4) is 5.75 Å². The molecule has 0 atom stereocenters. The van der Waals surface area contributed by atoms with E-state index in [1.165, 1.54) is 9.78 Å². The predicted molar refractivity (Wildman–Crippen MR) is 121 cm³/mol. The summed E-state index contributed by atoms with van der Waals surface area (Å²) >= 11 is 1.77. The number of nitrogens with one attached hydrogen (secondary N) is 2. The maximum absolute atomic E-state index is 11.7. The Morgan fingerprint density at radius 3 is 2.66 bits per heavy atom. The molecule has 2 rings (SSSR count). The van der Waals surface area contributed by atoms with Gasteiger partial charge >= 0.3 is 0 Å². The van der Waals surface area contributed by atoms with Crippen LogP contribution in [0.15, 0.2) is 46.8 Å². The lowest BCUT2D eigenvalue weighted by molar-refractivity contribution is -0.130. The number of thiophene rings is 1. The molecular formula is C22H32N4O2S. The Labute approximate surface area is 178 Å². The van der Waals surface area contributed by atoms with Crippen LogP contribution in [0, 0.1) is 0 Å². The molecule has 0 aliphatic rings. The topological polar surface area (TPSA) is 66.0 Å². The minimum atomic E-state index is -0.0691. The van der Waals surface area contributed by atoms with Gasteiger partial charge in [-0.3, -0.25) is 4.79 Å². The second-order valence-electron chi connectivity index (χ2n) is 7.63. The first-order chi connectivity index (χ1) is 13.8. The molecule has 0 saturated carbocycles. The lowest BCUT2D eigenvalue weighted by Gasteiger charge is -2.25. The molecule has 29 heavy (non-hydrogen) atoms. The van der Waals surface area contributed by atoms with Crippen LogP contribution in [0.5, 0.6) is 5.75 Å². The van der Waals surface area contributed by atoms with Gasteiger partial charge in [0, 0.05) is 37.5 Å². The smallest absolute Gasteiger partial charge is 0.259 e. The Morgan fingerprint density at radius 1 is 1.21 bits per heavy atom. The zero-order chi connectivity index (χ0) is 21.3. The van der Waals surface area contributed by atoms with Gasteiger partial charge < -0.3 is 20.3 Å². The summed E-state index contributed by atoms with van der Waals surface area (Å²) in [6.07, 6.45) is 0. The highest BCUT2D eigenvalue weighted by molar-refractivity contribution is 7.10. The number of likely N-dealkylation sites (N-methyl/N-ethyl adjacent to an activating group) is 1. The van der Waals surface area contributed by atoms with E-state index in [0.717, 1.165) is 24.6 Å². The molecule has 0 radical (unpaired) electrons. The van der Waals surface area contributed by atoms with Gasteiger partial charge in [-0.25, -0.2) is 4.99 Å². The number of carbonyl (C=O) groups excluding carboxylic acids is 1. The molecular weight excluding hydrogens is 384 g/mol. The van der Waals surface area contributed by atoms with Crippen LogP contribution < -0.4 is 15.4 Å². The van der Waals surface area contributed by atoms with Gasteiger partial charge in [-0.15, -0.1) is 11.3 Å². The number of aliphatic imine (C=N–C) groups is 1. The summed E-state index contributed by atoms with van der Waals surface area (Å²) in [7, 11) is 3.43. The standard InChI is InChI=1S/C22H32N4O2S/c1-6-23-21(25-16-22(2,3)19-11-8-12-29-19)24-14-17-9-7-10-18(13-17)28-15-20(27)26(4)5/h7-13H,6,14-16H2,1-5H3,(H2,23,24,25). The molecule has 1 aromatic heterocycles. The number of nitrogens with zero attached hydrogens (tertiary/aromatic N) is 2. The van der Waals surface area contributed by atoms with Crippen molar-refractivity contribution in [1.82, 2.24) is 15.5 Å². The Hall–Kier alpha value is -2.54. The van der Waals surface area contributed by atoms with Crippen LogP contribution in [0.4, 0.5) is 0 Å². The maximum atomic E-state index is 11.7. The van der Waals surface area contributed by atoms with E-state index in [-0.39, 0.29) is 17.9 Å². The second kappa shape index (κ2) is 10.9. The number of hydrogen-bond acceptors (Lipinski definition) is 4. The van der Waals surface area contributed by atoms with Crippen LogP contribution in [0.2, 0.25) is 0 Å². The molecule has 0 unspecified atom stereocenters. The van der Waals surface area contributed by atoms with Crippen molar-refractivity contribution in [2.75, 3.05) is 33.8 Å². The third-order valence-electron chi connectivity index (χ3n) is 4.41. The van der Waals surface area contributed by atoms with Gasteiger partial charge in [0.1, 0.15) is 5.75 Å². The van der Waals surface area contributed by atoms with E-state index in [1.807, 2.05) is 24.3 Å². The third kappa shape index (κ3) is 7.42. The summed E-state index contributed by atoms with van der Waals surface area (Å²) < 4.78 is 5.59. The zero-order valence-corrected chi connectivity index (χ0v) is 18.8. The first-order valence-electron chi connectivity index (χ1n) is 9.80. The van der Waals surface area contributed by atoms with Gasteiger partial charge in [-0.1, -0.05) is 32.0 Å². The molecule has 2 aromatic rings. The van der Waals surface area contributed by atoms with Crippen LogP contribution in [-0.4, -0.2) is 50.6 Å². The Morgan fingerprint density at radius 2 is 2.00 bits per heavy atom. The average molecular weight is 417 g/mol. The van der Waals surface area contributed by atoms with Crippen molar-refractivity contribution in [3.63, 3.8) is 0 Å². The van der Waals surface area contributed by atoms with Gasteiger partial charge in [0.05, 0.1) is 6.54 Å². The van der Waals surface area contributed by atoms with Gasteiger partial charge in [0.25, 0.3) is 5.91 Å². The summed E-state index contributed by atoms with van der Waals surface area (Å²) in [5.74, 6) is 1.39. The van der Waals surface area contributed by atoms with E-state index in [1.54, 1.807) is 25.4 Å². The molecule has 0 fully saturated rings. The molecule has 0 aliphatic carbocycles. The first-order valence-corrected chi connectivity index (χ1v) is 10.7. The van der Waals surface area contributed by atoms with Crippen LogP contribution >= 0.6 is 11.3 Å². The highest BCUT2D eigenvalue weighted by Crippen LogP contribution is 2.26. The van der Waals surface area contributed by atoms with E-state index in [4.69, 9.17) is 9.73 Å². The summed E-state index contributed by atoms with van der Waals surface area (Å²) in [6, 6.07) is 11.9. The molecule has 158 valence electrons. The van der Waals surface area contributed by atoms with Crippen LogP contribution in [0.25, 0.3) is 0 Å². The number of ether oxygens (including phenoxy) is 1. The number of carbonyl (C=O) groups is 1. The number of hydrogen-bond donors (Lipinski definition) is 2. The molecule has 0 aliphatic heterocycles. The SMILES string of the molecule is CCNC(=NCc1cccc(OCC(=O)N(C)C)c1)NCC(C)(C)c1cccs1. The Bertz CT molecular complexity index is 801. The van der Waals surface area contributed by atoms with E-state index >= 15 is 0 Å². The fraction of sp³-hybridized carbons (Fsp3) is 0.455.